The number of pyridine rings is 1. The van der Waals surface area contributed by atoms with Gasteiger partial charge in [0.25, 0.3) is 0 Å². The zero-order valence-corrected chi connectivity index (χ0v) is 21.5. The predicted molar refractivity (Wildman–Crippen MR) is 138 cm³/mol. The van der Waals surface area contributed by atoms with E-state index < -0.39 is 6.09 Å². The standard InChI is InChI=1S/C28H48N2O4/c1-2-3-4-5-6-7-8-9-10-11-12-13-14-15-20-32-22-25-21-27(33-23-25)24-34-28(31)30-26-16-18-29-19-17-26/h16-19,25,27H,2-15,20-24H2,1H3,(H,29,30,31)/t25-,27-/m1/s1. The average molecular weight is 477 g/mol. The lowest BCUT2D eigenvalue weighted by atomic mass is 10.0. The van der Waals surface area contributed by atoms with Crippen LogP contribution in [0.3, 0.4) is 0 Å². The largest absolute Gasteiger partial charge is 0.447 e. The maximum Gasteiger partial charge on any atom is 0.411 e. The number of carbonyl (C=O) groups excluding carboxylic acids is 1. The van der Waals surface area contributed by atoms with Gasteiger partial charge in [-0.1, -0.05) is 90.4 Å². The molecule has 0 radical (unpaired) electrons. The van der Waals surface area contributed by atoms with Crippen LogP contribution in [-0.4, -0.2) is 43.6 Å². The first-order valence-electron chi connectivity index (χ1n) is 13.8. The molecule has 1 aromatic heterocycles. The predicted octanol–water partition coefficient (Wildman–Crippen LogP) is 7.53. The molecule has 1 aromatic rings. The number of nitrogens with zero attached hydrogens (tertiary/aromatic N) is 1. The fourth-order valence-electron chi connectivity index (χ4n) is 4.42. The summed E-state index contributed by atoms with van der Waals surface area (Å²) in [5.41, 5.74) is 0.669. The van der Waals surface area contributed by atoms with E-state index in [4.69, 9.17) is 14.2 Å². The Hall–Kier alpha value is -1.66. The van der Waals surface area contributed by atoms with Gasteiger partial charge in [0.15, 0.2) is 0 Å². The first kappa shape index (κ1) is 28.6. The normalized spacial score (nSPS) is 17.7. The van der Waals surface area contributed by atoms with Crippen molar-refractivity contribution in [2.45, 2.75) is 109 Å². The number of hydrogen-bond donors (Lipinski definition) is 1. The summed E-state index contributed by atoms with van der Waals surface area (Å²) in [6.07, 6.45) is 22.8. The van der Waals surface area contributed by atoms with Crippen molar-refractivity contribution in [1.82, 2.24) is 4.98 Å². The van der Waals surface area contributed by atoms with Gasteiger partial charge in [0.05, 0.1) is 19.3 Å². The van der Waals surface area contributed by atoms with Crippen LogP contribution in [0.5, 0.6) is 0 Å². The van der Waals surface area contributed by atoms with Crippen LogP contribution in [0.1, 0.15) is 103 Å². The lowest BCUT2D eigenvalue weighted by Gasteiger charge is -2.11. The topological polar surface area (TPSA) is 69.7 Å². The Morgan fingerprint density at radius 1 is 0.912 bits per heavy atom. The number of amides is 1. The van der Waals surface area contributed by atoms with Crippen LogP contribution >= 0.6 is 0 Å². The van der Waals surface area contributed by atoms with E-state index in [0.29, 0.717) is 18.2 Å². The van der Waals surface area contributed by atoms with Crippen molar-refractivity contribution in [3.05, 3.63) is 24.5 Å². The lowest BCUT2D eigenvalue weighted by molar-refractivity contribution is 0.0430. The van der Waals surface area contributed by atoms with Gasteiger partial charge in [0.1, 0.15) is 6.61 Å². The third-order valence-electron chi connectivity index (χ3n) is 6.49. The summed E-state index contributed by atoms with van der Waals surface area (Å²) in [7, 11) is 0. The highest BCUT2D eigenvalue weighted by Crippen LogP contribution is 2.21. The molecule has 0 aromatic carbocycles. The van der Waals surface area contributed by atoms with Crippen molar-refractivity contribution in [2.75, 3.05) is 31.7 Å². The number of unbranched alkanes of at least 4 members (excludes halogenated alkanes) is 13. The third kappa shape index (κ3) is 14.6. The van der Waals surface area contributed by atoms with Gasteiger partial charge >= 0.3 is 6.09 Å². The molecule has 34 heavy (non-hydrogen) atoms. The van der Waals surface area contributed by atoms with Crippen LogP contribution in [0.2, 0.25) is 0 Å². The van der Waals surface area contributed by atoms with Gasteiger partial charge in [-0.05, 0) is 25.0 Å². The Kier molecular flexibility index (Phi) is 16.5. The molecule has 2 atom stereocenters. The Labute approximate surface area is 207 Å². The summed E-state index contributed by atoms with van der Waals surface area (Å²) < 4.78 is 16.9. The summed E-state index contributed by atoms with van der Waals surface area (Å²) in [5.74, 6) is 0.392. The Morgan fingerprint density at radius 3 is 2.12 bits per heavy atom. The molecule has 0 aliphatic carbocycles. The molecule has 6 heteroatoms. The van der Waals surface area contributed by atoms with E-state index in [1.165, 1.54) is 83.5 Å². The molecule has 0 unspecified atom stereocenters. The monoisotopic (exact) mass is 476 g/mol. The first-order valence-corrected chi connectivity index (χ1v) is 13.8. The van der Waals surface area contributed by atoms with Gasteiger partial charge in [-0.2, -0.15) is 0 Å². The van der Waals surface area contributed by atoms with E-state index in [2.05, 4.69) is 17.2 Å². The molecule has 0 spiro atoms. The minimum Gasteiger partial charge on any atom is -0.447 e. The Morgan fingerprint density at radius 2 is 1.50 bits per heavy atom. The molecule has 6 nitrogen and oxygen atoms in total. The van der Waals surface area contributed by atoms with Crippen molar-refractivity contribution in [2.24, 2.45) is 5.92 Å². The van der Waals surface area contributed by atoms with Crippen LogP contribution in [0.4, 0.5) is 10.5 Å². The van der Waals surface area contributed by atoms with Gasteiger partial charge in [0.2, 0.25) is 0 Å². The van der Waals surface area contributed by atoms with E-state index in [0.717, 1.165) is 26.1 Å². The quantitative estimate of drug-likeness (QED) is 0.197. The zero-order chi connectivity index (χ0) is 24.1. The Balaban J connectivity index is 1.32. The minimum absolute atomic E-state index is 0.0437. The number of carbonyl (C=O) groups is 1. The molecule has 1 fully saturated rings. The van der Waals surface area contributed by atoms with Crippen LogP contribution in [0, 0.1) is 5.92 Å². The number of anilines is 1. The van der Waals surface area contributed by atoms with E-state index >= 15 is 0 Å². The molecule has 1 amide bonds. The third-order valence-corrected chi connectivity index (χ3v) is 6.49. The fourth-order valence-corrected chi connectivity index (χ4v) is 4.42. The van der Waals surface area contributed by atoms with Crippen LogP contribution in [0.25, 0.3) is 0 Å². The molecule has 0 saturated carbocycles. The molecule has 2 rings (SSSR count). The van der Waals surface area contributed by atoms with Gasteiger partial charge in [-0.15, -0.1) is 0 Å². The number of rotatable bonds is 20. The highest BCUT2D eigenvalue weighted by Gasteiger charge is 2.26. The van der Waals surface area contributed by atoms with E-state index in [-0.39, 0.29) is 12.7 Å². The highest BCUT2D eigenvalue weighted by atomic mass is 16.6. The second-order valence-corrected chi connectivity index (χ2v) is 9.69. The lowest BCUT2D eigenvalue weighted by Crippen LogP contribution is -2.21. The van der Waals surface area contributed by atoms with Gasteiger partial charge in [-0.3, -0.25) is 10.3 Å². The van der Waals surface area contributed by atoms with E-state index in [1.54, 1.807) is 24.5 Å². The summed E-state index contributed by atoms with van der Waals surface area (Å²) >= 11 is 0. The van der Waals surface area contributed by atoms with E-state index in [1.807, 2.05) is 0 Å². The van der Waals surface area contributed by atoms with Crippen molar-refractivity contribution >= 4 is 11.8 Å². The molecule has 0 bridgehead atoms. The molecular formula is C28H48N2O4. The smallest absolute Gasteiger partial charge is 0.411 e. The second kappa shape index (κ2) is 19.6. The van der Waals surface area contributed by atoms with Crippen molar-refractivity contribution in [3.8, 4) is 0 Å². The summed E-state index contributed by atoms with van der Waals surface area (Å²) in [6, 6.07) is 3.44. The minimum atomic E-state index is -0.465. The Bertz CT molecular complexity index is 614. The summed E-state index contributed by atoms with van der Waals surface area (Å²) in [4.78, 5) is 15.8. The maximum atomic E-state index is 11.9. The first-order chi connectivity index (χ1) is 16.8. The molecule has 1 aliphatic heterocycles. The number of hydrogen-bond acceptors (Lipinski definition) is 5. The number of aromatic nitrogens is 1. The van der Waals surface area contributed by atoms with Crippen LogP contribution in [0.15, 0.2) is 24.5 Å². The molecule has 1 saturated heterocycles. The number of nitrogens with one attached hydrogen (secondary N) is 1. The van der Waals surface area contributed by atoms with Gasteiger partial charge < -0.3 is 14.2 Å². The zero-order valence-electron chi connectivity index (χ0n) is 21.5. The molecule has 1 N–H and O–H groups in total. The number of ether oxygens (including phenoxy) is 3. The maximum absolute atomic E-state index is 11.9. The summed E-state index contributed by atoms with van der Waals surface area (Å²) in [5, 5.41) is 2.68. The van der Waals surface area contributed by atoms with Crippen LogP contribution < -0.4 is 5.32 Å². The second-order valence-electron chi connectivity index (χ2n) is 9.69. The van der Waals surface area contributed by atoms with Crippen molar-refractivity contribution in [3.63, 3.8) is 0 Å². The van der Waals surface area contributed by atoms with Crippen LogP contribution in [-0.2, 0) is 14.2 Å². The SMILES string of the molecule is CCCCCCCCCCCCCCCCOC[C@@H]1CO[C@@H](COC(=O)Nc2ccncc2)C1. The van der Waals surface area contributed by atoms with Gasteiger partial charge in [-0.25, -0.2) is 4.79 Å². The van der Waals surface area contributed by atoms with E-state index in [9.17, 15) is 4.79 Å². The van der Waals surface area contributed by atoms with Gasteiger partial charge in [0, 0.05) is 30.6 Å². The van der Waals surface area contributed by atoms with Crippen molar-refractivity contribution < 1.29 is 19.0 Å². The highest BCUT2D eigenvalue weighted by molar-refractivity contribution is 5.84. The fraction of sp³-hybridized carbons (Fsp3) is 0.786. The average Bonchev–Trinajstić information content (AvgIpc) is 3.31. The van der Waals surface area contributed by atoms with Crippen molar-refractivity contribution in [1.29, 1.82) is 0 Å². The molecule has 194 valence electrons. The molecule has 1 aliphatic rings. The molecular weight excluding hydrogens is 428 g/mol. The summed E-state index contributed by atoms with van der Waals surface area (Å²) in [6.45, 7) is 4.80. The molecule has 2 heterocycles.